The summed E-state index contributed by atoms with van der Waals surface area (Å²) in [4.78, 5) is 14.9. The van der Waals surface area contributed by atoms with Crippen molar-refractivity contribution < 1.29 is 0 Å². The zero-order valence-corrected chi connectivity index (χ0v) is 10.4. The average molecular weight is 278 g/mol. The number of aromatic amines is 1. The van der Waals surface area contributed by atoms with Gasteiger partial charge in [0.05, 0.1) is 0 Å². The van der Waals surface area contributed by atoms with E-state index in [9.17, 15) is 4.79 Å². The maximum Gasteiger partial charge on any atom is 0.251 e. The zero-order valence-electron chi connectivity index (χ0n) is 8.85. The molecule has 0 aliphatic heterocycles. The molecule has 2 aromatic rings. The van der Waals surface area contributed by atoms with Crippen LogP contribution in [0.2, 0.25) is 0 Å². The summed E-state index contributed by atoms with van der Waals surface area (Å²) in [5.41, 5.74) is 3.31. The number of halogens is 1. The van der Waals surface area contributed by atoms with Gasteiger partial charge in [-0.1, -0.05) is 15.9 Å². The summed E-state index contributed by atoms with van der Waals surface area (Å²) < 4.78 is 1.07. The minimum absolute atomic E-state index is 0.101. The van der Waals surface area contributed by atoms with Crippen LogP contribution < -0.4 is 5.56 Å². The molecular formula is C13H12BrNO. The number of pyridine rings is 1. The number of rotatable bonds is 0. The maximum absolute atomic E-state index is 11.9. The van der Waals surface area contributed by atoms with Gasteiger partial charge in [-0.3, -0.25) is 4.79 Å². The van der Waals surface area contributed by atoms with Crippen LogP contribution >= 0.6 is 15.9 Å². The van der Waals surface area contributed by atoms with Crippen molar-refractivity contribution >= 4 is 26.8 Å². The second-order valence-corrected chi connectivity index (χ2v) is 5.22. The first-order valence-corrected chi connectivity index (χ1v) is 6.38. The van der Waals surface area contributed by atoms with E-state index >= 15 is 0 Å². The van der Waals surface area contributed by atoms with E-state index in [0.29, 0.717) is 0 Å². The summed E-state index contributed by atoms with van der Waals surface area (Å²) >= 11 is 3.49. The number of aryl methyl sites for hydroxylation is 1. The van der Waals surface area contributed by atoms with E-state index in [1.807, 2.05) is 12.1 Å². The van der Waals surface area contributed by atoms with Gasteiger partial charge in [0.2, 0.25) is 0 Å². The quantitative estimate of drug-likeness (QED) is 0.788. The van der Waals surface area contributed by atoms with Crippen molar-refractivity contribution in [3.05, 3.63) is 44.2 Å². The second kappa shape index (κ2) is 3.74. The van der Waals surface area contributed by atoms with E-state index in [4.69, 9.17) is 0 Å². The molecule has 82 valence electrons. The summed E-state index contributed by atoms with van der Waals surface area (Å²) in [5, 5.41) is 1.20. The Bertz CT molecular complexity index is 615. The molecule has 0 radical (unpaired) electrons. The van der Waals surface area contributed by atoms with Gasteiger partial charge in [0.25, 0.3) is 5.56 Å². The highest BCUT2D eigenvalue weighted by molar-refractivity contribution is 9.10. The molecule has 0 fully saturated rings. The fraction of sp³-hybridized carbons (Fsp3) is 0.308. The van der Waals surface area contributed by atoms with Crippen molar-refractivity contribution in [1.82, 2.24) is 4.98 Å². The summed E-state index contributed by atoms with van der Waals surface area (Å²) in [6.07, 6.45) is 4.28. The van der Waals surface area contributed by atoms with Gasteiger partial charge in [-0.15, -0.1) is 0 Å². The maximum atomic E-state index is 11.9. The molecule has 1 aromatic carbocycles. The monoisotopic (exact) mass is 277 g/mol. The third-order valence-corrected chi connectivity index (χ3v) is 3.79. The van der Waals surface area contributed by atoms with Crippen LogP contribution in [-0.2, 0) is 12.8 Å². The molecule has 0 saturated carbocycles. The van der Waals surface area contributed by atoms with Gasteiger partial charge < -0.3 is 4.98 Å². The number of aromatic nitrogens is 1. The van der Waals surface area contributed by atoms with Crippen LogP contribution in [0.5, 0.6) is 0 Å². The van der Waals surface area contributed by atoms with Gasteiger partial charge in [-0.2, -0.15) is 0 Å². The number of fused-ring (bicyclic) bond motifs is 3. The molecule has 0 saturated heterocycles. The van der Waals surface area contributed by atoms with Gasteiger partial charge in [0, 0.05) is 20.9 Å². The predicted octanol–water partition coefficient (Wildman–Crippen LogP) is 3.17. The molecular weight excluding hydrogens is 266 g/mol. The summed E-state index contributed by atoms with van der Waals surface area (Å²) in [7, 11) is 0. The fourth-order valence-corrected chi connectivity index (χ4v) is 2.89. The molecule has 0 atom stereocenters. The zero-order chi connectivity index (χ0) is 11.1. The molecule has 0 bridgehead atoms. The van der Waals surface area contributed by atoms with Crippen LogP contribution in [0.4, 0.5) is 0 Å². The lowest BCUT2D eigenvalue weighted by Gasteiger charge is -2.16. The van der Waals surface area contributed by atoms with Gasteiger partial charge in [0.1, 0.15) is 0 Å². The highest BCUT2D eigenvalue weighted by atomic mass is 79.9. The molecule has 1 heterocycles. The van der Waals surface area contributed by atoms with Crippen molar-refractivity contribution in [3.8, 4) is 0 Å². The lowest BCUT2D eigenvalue weighted by molar-refractivity contribution is 0.682. The van der Waals surface area contributed by atoms with Crippen LogP contribution in [0.3, 0.4) is 0 Å². The third-order valence-electron chi connectivity index (χ3n) is 3.30. The van der Waals surface area contributed by atoms with Gasteiger partial charge in [-0.25, -0.2) is 0 Å². The Hall–Kier alpha value is -1.09. The van der Waals surface area contributed by atoms with E-state index in [1.54, 1.807) is 0 Å². The summed E-state index contributed by atoms with van der Waals surface area (Å²) in [5.74, 6) is 0. The Labute approximate surface area is 102 Å². The van der Waals surface area contributed by atoms with E-state index < -0.39 is 0 Å². The first-order chi connectivity index (χ1) is 7.75. The van der Waals surface area contributed by atoms with E-state index in [1.165, 1.54) is 17.4 Å². The van der Waals surface area contributed by atoms with Gasteiger partial charge >= 0.3 is 0 Å². The van der Waals surface area contributed by atoms with Crippen LogP contribution in [0.25, 0.3) is 10.9 Å². The van der Waals surface area contributed by atoms with Gasteiger partial charge in [0.15, 0.2) is 0 Å². The SMILES string of the molecule is O=c1[nH]c2ccc(Br)cc2c2c1CCCC2. The molecule has 3 rings (SSSR count). The van der Waals surface area contributed by atoms with Crippen LogP contribution in [0, 0.1) is 0 Å². The van der Waals surface area contributed by atoms with Crippen LogP contribution in [0.15, 0.2) is 27.5 Å². The normalized spacial score (nSPS) is 15.1. The predicted molar refractivity (Wildman–Crippen MR) is 68.9 cm³/mol. The molecule has 2 nitrogen and oxygen atoms in total. The molecule has 1 N–H and O–H groups in total. The lowest BCUT2D eigenvalue weighted by Crippen LogP contribution is -2.19. The molecule has 1 aliphatic carbocycles. The largest absolute Gasteiger partial charge is 0.322 e. The summed E-state index contributed by atoms with van der Waals surface area (Å²) in [6, 6.07) is 6.04. The van der Waals surface area contributed by atoms with E-state index in [-0.39, 0.29) is 5.56 Å². The molecule has 3 heteroatoms. The van der Waals surface area contributed by atoms with Crippen LogP contribution in [0.1, 0.15) is 24.0 Å². The number of H-pyrrole nitrogens is 1. The number of benzene rings is 1. The smallest absolute Gasteiger partial charge is 0.251 e. The second-order valence-electron chi connectivity index (χ2n) is 4.31. The summed E-state index contributed by atoms with van der Waals surface area (Å²) in [6.45, 7) is 0. The van der Waals surface area contributed by atoms with Crippen molar-refractivity contribution in [2.75, 3.05) is 0 Å². The molecule has 0 unspecified atom stereocenters. The first-order valence-electron chi connectivity index (χ1n) is 5.59. The first kappa shape index (κ1) is 10.1. The number of hydrogen-bond donors (Lipinski definition) is 1. The van der Waals surface area contributed by atoms with Crippen molar-refractivity contribution in [2.45, 2.75) is 25.7 Å². The van der Waals surface area contributed by atoms with Crippen molar-refractivity contribution in [3.63, 3.8) is 0 Å². The Morgan fingerprint density at radius 3 is 2.69 bits per heavy atom. The van der Waals surface area contributed by atoms with E-state index in [0.717, 1.165) is 34.8 Å². The van der Waals surface area contributed by atoms with Gasteiger partial charge in [-0.05, 0) is 49.4 Å². The Balaban J connectivity index is 2.43. The minimum Gasteiger partial charge on any atom is -0.322 e. The van der Waals surface area contributed by atoms with Crippen LogP contribution in [-0.4, -0.2) is 4.98 Å². The molecule has 1 aliphatic rings. The standard InChI is InChI=1S/C13H12BrNO/c14-8-5-6-12-11(7-8)9-3-1-2-4-10(9)13(16)15-12/h5-7H,1-4H2,(H,15,16). The average Bonchev–Trinajstić information content (AvgIpc) is 2.31. The highest BCUT2D eigenvalue weighted by Crippen LogP contribution is 2.27. The third kappa shape index (κ3) is 1.50. The fourth-order valence-electron chi connectivity index (χ4n) is 2.53. The highest BCUT2D eigenvalue weighted by Gasteiger charge is 2.16. The Morgan fingerprint density at radius 2 is 1.88 bits per heavy atom. The molecule has 0 amide bonds. The molecule has 0 spiro atoms. The van der Waals surface area contributed by atoms with Crippen molar-refractivity contribution in [2.24, 2.45) is 0 Å². The van der Waals surface area contributed by atoms with Crippen molar-refractivity contribution in [1.29, 1.82) is 0 Å². The topological polar surface area (TPSA) is 32.9 Å². The molecule has 16 heavy (non-hydrogen) atoms. The number of nitrogens with one attached hydrogen (secondary N) is 1. The molecule has 1 aromatic heterocycles. The minimum atomic E-state index is 0.101. The number of hydrogen-bond acceptors (Lipinski definition) is 1. The Morgan fingerprint density at radius 1 is 1.12 bits per heavy atom. The lowest BCUT2D eigenvalue weighted by atomic mass is 9.90. The Kier molecular flexibility index (Phi) is 2.36. The van der Waals surface area contributed by atoms with E-state index in [2.05, 4.69) is 27.0 Å².